The lowest BCUT2D eigenvalue weighted by Crippen LogP contribution is -2.46. The van der Waals surface area contributed by atoms with E-state index in [4.69, 9.17) is 16.3 Å². The highest BCUT2D eigenvalue weighted by molar-refractivity contribution is 6.22. The molecule has 1 fully saturated rings. The van der Waals surface area contributed by atoms with Gasteiger partial charge in [-0.15, -0.1) is 11.6 Å². The quantitative estimate of drug-likeness (QED) is 0.581. The van der Waals surface area contributed by atoms with Gasteiger partial charge in [0.05, 0.1) is 17.0 Å². The van der Waals surface area contributed by atoms with Crippen LogP contribution >= 0.6 is 11.6 Å². The summed E-state index contributed by atoms with van der Waals surface area (Å²) in [6.07, 6.45) is 0.697. The first kappa shape index (κ1) is 21.1. The third-order valence-corrected chi connectivity index (χ3v) is 5.25. The number of hydrogen-bond acceptors (Lipinski definition) is 5. The van der Waals surface area contributed by atoms with Gasteiger partial charge in [0, 0.05) is 30.7 Å². The van der Waals surface area contributed by atoms with Gasteiger partial charge in [0.2, 0.25) is 0 Å². The maximum atomic E-state index is 12.9. The van der Waals surface area contributed by atoms with E-state index >= 15 is 0 Å². The first-order valence-corrected chi connectivity index (χ1v) is 10.2. The summed E-state index contributed by atoms with van der Waals surface area (Å²) in [7, 11) is 0. The van der Waals surface area contributed by atoms with Crippen LogP contribution in [0.2, 0.25) is 0 Å². The molecule has 1 N–H and O–H groups in total. The maximum absolute atomic E-state index is 12.9. The molecule has 3 rings (SSSR count). The van der Waals surface area contributed by atoms with E-state index in [1.165, 1.54) is 11.0 Å². The number of fused-ring (bicyclic) bond motifs is 1. The summed E-state index contributed by atoms with van der Waals surface area (Å²) in [6.45, 7) is 4.65. The number of hydrogen-bond donors (Lipinski definition) is 1. The summed E-state index contributed by atoms with van der Waals surface area (Å²) in [5.74, 6) is -0.649. The molecule has 0 atom stereocenters. The largest absolute Gasteiger partial charge is 0.448 e. The van der Waals surface area contributed by atoms with Crippen molar-refractivity contribution in [2.24, 2.45) is 0 Å². The predicted octanol–water partition coefficient (Wildman–Crippen LogP) is 2.26. The number of carbonyl (C=O) groups excluding carboxylic acids is 4. The van der Waals surface area contributed by atoms with E-state index in [-0.39, 0.29) is 47.9 Å². The number of piperidine rings is 1. The molecular weight excluding hydrogens is 398 g/mol. The molecule has 8 nitrogen and oxygen atoms in total. The second-order valence-corrected chi connectivity index (χ2v) is 7.75. The van der Waals surface area contributed by atoms with Crippen LogP contribution in [-0.4, -0.2) is 71.3 Å². The molecule has 0 saturated carbocycles. The van der Waals surface area contributed by atoms with Gasteiger partial charge in [-0.05, 0) is 44.9 Å². The molecule has 2 aliphatic rings. The lowest BCUT2D eigenvalue weighted by molar-refractivity contribution is 0.0608. The molecule has 2 aliphatic heterocycles. The van der Waals surface area contributed by atoms with E-state index in [0.29, 0.717) is 37.1 Å². The zero-order valence-electron chi connectivity index (χ0n) is 16.4. The van der Waals surface area contributed by atoms with Crippen LogP contribution < -0.4 is 5.32 Å². The van der Waals surface area contributed by atoms with Crippen molar-refractivity contribution >= 4 is 35.4 Å². The molecule has 0 radical (unpaired) electrons. The Labute approximate surface area is 174 Å². The second-order valence-electron chi connectivity index (χ2n) is 7.37. The van der Waals surface area contributed by atoms with Crippen molar-refractivity contribution in [1.29, 1.82) is 0 Å². The molecule has 2 heterocycles. The third kappa shape index (κ3) is 4.37. The highest BCUT2D eigenvalue weighted by Gasteiger charge is 2.37. The number of benzene rings is 1. The van der Waals surface area contributed by atoms with Gasteiger partial charge >= 0.3 is 6.09 Å². The summed E-state index contributed by atoms with van der Waals surface area (Å²) in [5, 5.41) is 2.77. The Morgan fingerprint density at radius 3 is 2.45 bits per heavy atom. The van der Waals surface area contributed by atoms with E-state index in [1.54, 1.807) is 30.9 Å². The average molecular weight is 422 g/mol. The van der Waals surface area contributed by atoms with Crippen molar-refractivity contribution in [1.82, 2.24) is 15.1 Å². The van der Waals surface area contributed by atoms with E-state index < -0.39 is 6.09 Å². The number of alkyl halides is 1. The van der Waals surface area contributed by atoms with Crippen molar-refractivity contribution in [3.05, 3.63) is 34.9 Å². The molecule has 0 unspecified atom stereocenters. The Hall–Kier alpha value is -2.61. The van der Waals surface area contributed by atoms with Crippen molar-refractivity contribution in [2.75, 3.05) is 25.6 Å². The normalized spacial score (nSPS) is 17.0. The molecule has 9 heteroatoms. The third-order valence-electron chi connectivity index (χ3n) is 5.10. The summed E-state index contributed by atoms with van der Waals surface area (Å²) in [4.78, 5) is 52.3. The Kier molecular flexibility index (Phi) is 6.42. The molecular formula is C20H24ClN3O5. The minimum atomic E-state index is -0.507. The number of halogens is 1. The fourth-order valence-corrected chi connectivity index (χ4v) is 3.69. The number of likely N-dealkylation sites (tertiary alicyclic amines) is 1. The molecule has 0 aromatic heterocycles. The molecule has 156 valence electrons. The highest BCUT2D eigenvalue weighted by atomic mass is 35.5. The molecule has 1 saturated heterocycles. The first-order chi connectivity index (χ1) is 13.8. The Morgan fingerprint density at radius 2 is 1.83 bits per heavy atom. The van der Waals surface area contributed by atoms with Crippen molar-refractivity contribution in [3.63, 3.8) is 0 Å². The van der Waals surface area contributed by atoms with Crippen LogP contribution in [-0.2, 0) is 4.74 Å². The van der Waals surface area contributed by atoms with E-state index in [0.717, 1.165) is 0 Å². The minimum Gasteiger partial charge on any atom is -0.448 e. The topological polar surface area (TPSA) is 96.0 Å². The monoisotopic (exact) mass is 421 g/mol. The molecule has 29 heavy (non-hydrogen) atoms. The number of amides is 4. The van der Waals surface area contributed by atoms with Gasteiger partial charge < -0.3 is 15.0 Å². The molecule has 0 bridgehead atoms. The maximum Gasteiger partial charge on any atom is 0.407 e. The summed E-state index contributed by atoms with van der Waals surface area (Å²) in [5.41, 5.74) is 0.982. The van der Waals surface area contributed by atoms with E-state index in [9.17, 15) is 19.2 Å². The average Bonchev–Trinajstić information content (AvgIpc) is 2.96. The molecule has 1 aromatic carbocycles. The van der Waals surface area contributed by atoms with Crippen LogP contribution in [0.5, 0.6) is 0 Å². The van der Waals surface area contributed by atoms with Crippen molar-refractivity contribution < 1.29 is 23.9 Å². The fourth-order valence-electron chi connectivity index (χ4n) is 3.61. The van der Waals surface area contributed by atoms with Gasteiger partial charge in [-0.25, -0.2) is 4.79 Å². The van der Waals surface area contributed by atoms with Gasteiger partial charge in [0.25, 0.3) is 17.7 Å². The number of ether oxygens (including phenoxy) is 1. The van der Waals surface area contributed by atoms with Crippen molar-refractivity contribution in [3.8, 4) is 0 Å². The molecule has 4 amide bonds. The molecule has 0 aliphatic carbocycles. The Bertz CT molecular complexity index is 833. The minimum absolute atomic E-state index is 0.0688. The van der Waals surface area contributed by atoms with Gasteiger partial charge in [0.1, 0.15) is 6.61 Å². The first-order valence-electron chi connectivity index (χ1n) is 9.64. The zero-order valence-corrected chi connectivity index (χ0v) is 17.2. The van der Waals surface area contributed by atoms with Crippen LogP contribution in [0.4, 0.5) is 4.79 Å². The molecule has 1 aromatic rings. The molecule has 0 spiro atoms. The SMILES string of the molecule is CC(C)N1C(=O)c2ccc(C(=O)N3CCC(NC(=O)OCCCl)CC3)cc2C1=O. The Balaban J connectivity index is 1.62. The second kappa shape index (κ2) is 8.82. The number of carbonyl (C=O) groups is 4. The lowest BCUT2D eigenvalue weighted by Gasteiger charge is -2.32. The summed E-state index contributed by atoms with van der Waals surface area (Å²) < 4.78 is 4.90. The summed E-state index contributed by atoms with van der Waals surface area (Å²) in [6, 6.07) is 4.33. The van der Waals surface area contributed by atoms with Gasteiger partial charge in [-0.2, -0.15) is 0 Å². The number of rotatable bonds is 5. The number of imide groups is 1. The van der Waals surface area contributed by atoms with Crippen LogP contribution in [0, 0.1) is 0 Å². The number of nitrogens with zero attached hydrogens (tertiary/aromatic N) is 2. The summed E-state index contributed by atoms with van der Waals surface area (Å²) >= 11 is 5.48. The van der Waals surface area contributed by atoms with Crippen LogP contribution in [0.25, 0.3) is 0 Å². The Morgan fingerprint density at radius 1 is 1.17 bits per heavy atom. The van der Waals surface area contributed by atoms with Crippen LogP contribution in [0.1, 0.15) is 57.8 Å². The smallest absolute Gasteiger partial charge is 0.407 e. The van der Waals surface area contributed by atoms with E-state index in [2.05, 4.69) is 5.32 Å². The van der Waals surface area contributed by atoms with Gasteiger partial charge in [-0.3, -0.25) is 19.3 Å². The van der Waals surface area contributed by atoms with Gasteiger partial charge in [0.15, 0.2) is 0 Å². The number of nitrogens with one attached hydrogen (secondary N) is 1. The van der Waals surface area contributed by atoms with Crippen LogP contribution in [0.3, 0.4) is 0 Å². The van der Waals surface area contributed by atoms with Gasteiger partial charge in [-0.1, -0.05) is 0 Å². The lowest BCUT2D eigenvalue weighted by atomic mass is 10.0. The fraction of sp³-hybridized carbons (Fsp3) is 0.500. The van der Waals surface area contributed by atoms with Crippen molar-refractivity contribution in [2.45, 2.75) is 38.8 Å². The van der Waals surface area contributed by atoms with Crippen LogP contribution in [0.15, 0.2) is 18.2 Å². The number of alkyl carbamates (subject to hydrolysis) is 1. The highest BCUT2D eigenvalue weighted by Crippen LogP contribution is 2.26. The predicted molar refractivity (Wildman–Crippen MR) is 106 cm³/mol. The zero-order chi connectivity index (χ0) is 21.1. The van der Waals surface area contributed by atoms with E-state index in [1.807, 2.05) is 0 Å². The standard InChI is InChI=1S/C20H24ClN3O5/c1-12(2)24-18(26)15-4-3-13(11-16(15)19(24)27)17(25)23-8-5-14(6-9-23)22-20(28)29-10-7-21/h3-4,11-12,14H,5-10H2,1-2H3,(H,22,28).